The summed E-state index contributed by atoms with van der Waals surface area (Å²) in [5.41, 5.74) is 0. The number of methoxy groups -OCH3 is 1. The molecule has 5 atom stereocenters. The molecule has 2 aromatic rings. The summed E-state index contributed by atoms with van der Waals surface area (Å²) < 4.78 is 18.2. The molecule has 164 valence electrons. The Morgan fingerprint density at radius 1 is 0.900 bits per heavy atom. The summed E-state index contributed by atoms with van der Waals surface area (Å²) in [6, 6.07) is 20.6. The second-order valence-corrected chi connectivity index (χ2v) is 13.4. The van der Waals surface area contributed by atoms with Crippen molar-refractivity contribution >= 4 is 18.7 Å². The molecule has 0 unspecified atom stereocenters. The number of benzene rings is 2. The maximum absolute atomic E-state index is 10.7. The van der Waals surface area contributed by atoms with Crippen LogP contribution in [0.5, 0.6) is 0 Å². The zero-order valence-electron chi connectivity index (χ0n) is 18.5. The van der Waals surface area contributed by atoms with Crippen LogP contribution in [0.4, 0.5) is 0 Å². The van der Waals surface area contributed by atoms with Crippen molar-refractivity contribution in [3.8, 4) is 0 Å². The Balaban J connectivity index is 2.00. The number of aliphatic hydroxyl groups excluding tert-OH is 2. The largest absolute Gasteiger partial charge is 0.405 e. The minimum atomic E-state index is -2.75. The SMILES string of the molecule is CO[C@H]1O[C@H](CO[Si](c2ccccc2)(c2ccccc2)C(C)(C)C)[C@@H](O)[C@@H](O)[C@H]1C. The predicted octanol–water partition coefficient (Wildman–Crippen LogP) is 2.29. The topological polar surface area (TPSA) is 68.2 Å². The van der Waals surface area contributed by atoms with Crippen molar-refractivity contribution in [1.29, 1.82) is 0 Å². The molecular formula is C24H34O5Si. The maximum Gasteiger partial charge on any atom is 0.261 e. The van der Waals surface area contributed by atoms with Crippen LogP contribution in [0.3, 0.4) is 0 Å². The fourth-order valence-electron chi connectivity index (χ4n) is 4.45. The van der Waals surface area contributed by atoms with Gasteiger partial charge in [-0.05, 0) is 15.4 Å². The van der Waals surface area contributed by atoms with Gasteiger partial charge in [-0.1, -0.05) is 88.4 Å². The van der Waals surface area contributed by atoms with E-state index < -0.39 is 32.9 Å². The van der Waals surface area contributed by atoms with Gasteiger partial charge in [-0.2, -0.15) is 0 Å². The monoisotopic (exact) mass is 430 g/mol. The second kappa shape index (κ2) is 9.30. The standard InChI is InChI=1S/C24H34O5Si/c1-17-21(25)22(26)20(29-23(17)27-5)16-28-30(24(2,3)4,18-12-8-6-9-13-18)19-14-10-7-11-15-19/h6-15,17,20-23,25-26H,16H2,1-5H3/t17-,20-,21+,22-,23+/m1/s1. The van der Waals surface area contributed by atoms with E-state index in [2.05, 4.69) is 45.0 Å². The Bertz CT molecular complexity index is 751. The van der Waals surface area contributed by atoms with Crippen LogP contribution >= 0.6 is 0 Å². The third-order valence-corrected chi connectivity index (χ3v) is 11.1. The fraction of sp³-hybridized carbons (Fsp3) is 0.500. The molecule has 1 saturated heterocycles. The van der Waals surface area contributed by atoms with Crippen molar-refractivity contribution in [2.75, 3.05) is 13.7 Å². The molecule has 0 bridgehead atoms. The molecule has 1 aliphatic rings. The van der Waals surface area contributed by atoms with Gasteiger partial charge in [0, 0.05) is 13.0 Å². The Labute approximate surface area is 180 Å². The first kappa shape index (κ1) is 23.1. The Hall–Kier alpha value is -1.54. The Morgan fingerprint density at radius 2 is 1.40 bits per heavy atom. The predicted molar refractivity (Wildman–Crippen MR) is 120 cm³/mol. The van der Waals surface area contributed by atoms with Crippen LogP contribution in [-0.4, -0.2) is 56.8 Å². The number of rotatable bonds is 6. The third-order valence-electron chi connectivity index (χ3n) is 6.12. The van der Waals surface area contributed by atoms with Gasteiger partial charge >= 0.3 is 0 Å². The summed E-state index contributed by atoms with van der Waals surface area (Å²) in [5, 5.41) is 23.3. The summed E-state index contributed by atoms with van der Waals surface area (Å²) in [6.45, 7) is 8.57. The average molecular weight is 431 g/mol. The van der Waals surface area contributed by atoms with Gasteiger partial charge in [-0.15, -0.1) is 0 Å². The van der Waals surface area contributed by atoms with E-state index >= 15 is 0 Å². The molecule has 0 amide bonds. The molecule has 0 saturated carbocycles. The molecule has 0 aromatic heterocycles. The first-order valence-corrected chi connectivity index (χ1v) is 12.4. The van der Waals surface area contributed by atoms with Crippen molar-refractivity contribution in [3.05, 3.63) is 60.7 Å². The minimum absolute atomic E-state index is 0.165. The second-order valence-electron chi connectivity index (χ2n) is 9.09. The van der Waals surface area contributed by atoms with Crippen molar-refractivity contribution in [1.82, 2.24) is 0 Å². The van der Waals surface area contributed by atoms with Crippen LogP contribution in [-0.2, 0) is 13.9 Å². The fourth-order valence-corrected chi connectivity index (χ4v) is 9.02. The van der Waals surface area contributed by atoms with E-state index in [1.54, 1.807) is 14.0 Å². The zero-order valence-corrected chi connectivity index (χ0v) is 19.5. The number of aliphatic hydroxyl groups is 2. The molecule has 30 heavy (non-hydrogen) atoms. The van der Waals surface area contributed by atoms with Crippen LogP contribution in [0.1, 0.15) is 27.7 Å². The summed E-state index contributed by atoms with van der Waals surface area (Å²) in [5.74, 6) is -0.325. The lowest BCUT2D eigenvalue weighted by Gasteiger charge is -2.46. The zero-order chi connectivity index (χ0) is 21.9. The first-order valence-electron chi connectivity index (χ1n) is 10.5. The molecule has 1 heterocycles. The van der Waals surface area contributed by atoms with E-state index in [0.717, 1.165) is 10.4 Å². The molecular weight excluding hydrogens is 396 g/mol. The Morgan fingerprint density at radius 3 is 1.83 bits per heavy atom. The van der Waals surface area contributed by atoms with Crippen LogP contribution in [0.15, 0.2) is 60.7 Å². The van der Waals surface area contributed by atoms with Gasteiger partial charge in [0.2, 0.25) is 0 Å². The van der Waals surface area contributed by atoms with Gasteiger partial charge in [0.1, 0.15) is 12.2 Å². The van der Waals surface area contributed by atoms with Gasteiger partial charge in [-0.3, -0.25) is 0 Å². The lowest BCUT2D eigenvalue weighted by molar-refractivity contribution is -0.273. The molecule has 0 spiro atoms. The van der Waals surface area contributed by atoms with Gasteiger partial charge < -0.3 is 24.1 Å². The lowest BCUT2D eigenvalue weighted by Crippen LogP contribution is -2.68. The van der Waals surface area contributed by atoms with Crippen molar-refractivity contribution in [2.24, 2.45) is 5.92 Å². The highest BCUT2D eigenvalue weighted by molar-refractivity contribution is 6.99. The third kappa shape index (κ3) is 4.26. The lowest BCUT2D eigenvalue weighted by atomic mass is 9.93. The summed E-state index contributed by atoms with van der Waals surface area (Å²) in [6.07, 6.45) is -3.24. The quantitative estimate of drug-likeness (QED) is 0.689. The average Bonchev–Trinajstić information content (AvgIpc) is 2.74. The van der Waals surface area contributed by atoms with Gasteiger partial charge in [0.05, 0.1) is 12.7 Å². The molecule has 1 fully saturated rings. The summed E-state index contributed by atoms with van der Waals surface area (Å²) in [4.78, 5) is 0. The molecule has 6 heteroatoms. The van der Waals surface area contributed by atoms with E-state index in [1.807, 2.05) is 36.4 Å². The van der Waals surface area contributed by atoms with Gasteiger partial charge in [0.25, 0.3) is 8.32 Å². The number of hydrogen-bond acceptors (Lipinski definition) is 5. The molecule has 2 aromatic carbocycles. The van der Waals surface area contributed by atoms with Crippen molar-refractivity contribution in [2.45, 2.75) is 57.3 Å². The van der Waals surface area contributed by atoms with E-state index in [4.69, 9.17) is 13.9 Å². The first-order chi connectivity index (χ1) is 14.2. The van der Waals surface area contributed by atoms with Crippen LogP contribution in [0.2, 0.25) is 5.04 Å². The van der Waals surface area contributed by atoms with Crippen molar-refractivity contribution < 1.29 is 24.1 Å². The highest BCUT2D eigenvalue weighted by Crippen LogP contribution is 2.37. The normalized spacial score (nSPS) is 27.8. The molecule has 0 aliphatic carbocycles. The van der Waals surface area contributed by atoms with Crippen LogP contribution < -0.4 is 10.4 Å². The van der Waals surface area contributed by atoms with Crippen molar-refractivity contribution in [3.63, 3.8) is 0 Å². The minimum Gasteiger partial charge on any atom is -0.405 e. The summed E-state index contributed by atoms with van der Waals surface area (Å²) in [7, 11) is -1.20. The van der Waals surface area contributed by atoms with E-state index in [-0.39, 0.29) is 17.6 Å². The van der Waals surface area contributed by atoms with E-state index in [0.29, 0.717) is 0 Å². The van der Waals surface area contributed by atoms with E-state index in [1.165, 1.54) is 0 Å². The van der Waals surface area contributed by atoms with E-state index in [9.17, 15) is 10.2 Å². The molecule has 1 aliphatic heterocycles. The van der Waals surface area contributed by atoms with Gasteiger partial charge in [0.15, 0.2) is 6.29 Å². The Kier molecular flexibility index (Phi) is 7.17. The molecule has 2 N–H and O–H groups in total. The molecule has 0 radical (unpaired) electrons. The van der Waals surface area contributed by atoms with Crippen LogP contribution in [0.25, 0.3) is 0 Å². The smallest absolute Gasteiger partial charge is 0.261 e. The highest BCUT2D eigenvalue weighted by Gasteiger charge is 2.51. The highest BCUT2D eigenvalue weighted by atomic mass is 28.4. The maximum atomic E-state index is 10.7. The summed E-state index contributed by atoms with van der Waals surface area (Å²) >= 11 is 0. The molecule has 5 nitrogen and oxygen atoms in total. The number of ether oxygens (including phenoxy) is 2. The number of hydrogen-bond donors (Lipinski definition) is 2. The van der Waals surface area contributed by atoms with Gasteiger partial charge in [-0.25, -0.2) is 0 Å². The molecule has 3 rings (SSSR count). The van der Waals surface area contributed by atoms with Crippen LogP contribution in [0, 0.1) is 5.92 Å².